The number of hydrogen-bond acceptors (Lipinski definition) is 2. The Labute approximate surface area is 93.3 Å². The Morgan fingerprint density at radius 1 is 1.43 bits per heavy atom. The fourth-order valence-corrected chi connectivity index (χ4v) is 2.54. The highest BCUT2D eigenvalue weighted by atomic mass is 79.9. The summed E-state index contributed by atoms with van der Waals surface area (Å²) in [4.78, 5) is 0. The molecule has 1 unspecified atom stereocenters. The van der Waals surface area contributed by atoms with E-state index < -0.39 is 10.8 Å². The standard InChI is InChI=1S/C9H11BrFNOS/c10-8-3-7(4-9(11)5-8)6-14(13)2-1-12/h3-5H,1-2,6,12H2. The zero-order chi connectivity index (χ0) is 10.6. The van der Waals surface area contributed by atoms with Crippen LogP contribution in [-0.4, -0.2) is 16.5 Å². The van der Waals surface area contributed by atoms with Gasteiger partial charge in [0.15, 0.2) is 0 Å². The van der Waals surface area contributed by atoms with Crippen LogP contribution in [0.25, 0.3) is 0 Å². The van der Waals surface area contributed by atoms with Crippen molar-refractivity contribution in [3.05, 3.63) is 34.1 Å². The first-order valence-electron chi connectivity index (χ1n) is 4.12. The maximum absolute atomic E-state index is 12.9. The molecule has 0 bridgehead atoms. The number of hydrogen-bond donors (Lipinski definition) is 1. The first kappa shape index (κ1) is 11.8. The number of rotatable bonds is 4. The van der Waals surface area contributed by atoms with Gasteiger partial charge in [-0.15, -0.1) is 0 Å². The fourth-order valence-electron chi connectivity index (χ4n) is 1.08. The van der Waals surface area contributed by atoms with Crippen molar-refractivity contribution in [2.75, 3.05) is 12.3 Å². The zero-order valence-corrected chi connectivity index (χ0v) is 9.91. The van der Waals surface area contributed by atoms with Gasteiger partial charge in [0.25, 0.3) is 0 Å². The van der Waals surface area contributed by atoms with Crippen LogP contribution in [0.3, 0.4) is 0 Å². The van der Waals surface area contributed by atoms with E-state index >= 15 is 0 Å². The van der Waals surface area contributed by atoms with E-state index in [9.17, 15) is 8.60 Å². The molecule has 2 nitrogen and oxygen atoms in total. The summed E-state index contributed by atoms with van der Waals surface area (Å²) in [6.45, 7) is 0.392. The fraction of sp³-hybridized carbons (Fsp3) is 0.333. The van der Waals surface area contributed by atoms with Crippen LogP contribution in [0.2, 0.25) is 0 Å². The van der Waals surface area contributed by atoms with E-state index in [2.05, 4.69) is 15.9 Å². The van der Waals surface area contributed by atoms with Crippen molar-refractivity contribution in [1.82, 2.24) is 0 Å². The van der Waals surface area contributed by atoms with Gasteiger partial charge < -0.3 is 5.73 Å². The molecule has 0 saturated heterocycles. The molecule has 1 aromatic rings. The SMILES string of the molecule is NCCS(=O)Cc1cc(F)cc(Br)c1. The van der Waals surface area contributed by atoms with Gasteiger partial charge in [-0.05, 0) is 23.8 Å². The highest BCUT2D eigenvalue weighted by Gasteiger charge is 2.03. The molecule has 0 fully saturated rings. The lowest BCUT2D eigenvalue weighted by atomic mass is 10.2. The van der Waals surface area contributed by atoms with Crippen LogP contribution < -0.4 is 5.73 Å². The van der Waals surface area contributed by atoms with Gasteiger partial charge in [-0.1, -0.05) is 15.9 Å². The molecule has 0 aromatic heterocycles. The molecule has 0 aliphatic heterocycles. The van der Waals surface area contributed by atoms with Crippen molar-refractivity contribution >= 4 is 26.7 Å². The van der Waals surface area contributed by atoms with Crippen LogP contribution in [-0.2, 0) is 16.6 Å². The van der Waals surface area contributed by atoms with Crippen LogP contribution in [0.4, 0.5) is 4.39 Å². The average Bonchev–Trinajstić information content (AvgIpc) is 2.01. The minimum Gasteiger partial charge on any atom is -0.330 e. The minimum atomic E-state index is -1.00. The van der Waals surface area contributed by atoms with E-state index in [1.54, 1.807) is 6.07 Å². The van der Waals surface area contributed by atoms with E-state index in [-0.39, 0.29) is 5.82 Å². The third kappa shape index (κ3) is 3.86. The zero-order valence-electron chi connectivity index (χ0n) is 7.50. The highest BCUT2D eigenvalue weighted by Crippen LogP contribution is 2.16. The van der Waals surface area contributed by atoms with E-state index in [4.69, 9.17) is 5.73 Å². The van der Waals surface area contributed by atoms with Crippen molar-refractivity contribution in [2.45, 2.75) is 5.75 Å². The van der Waals surface area contributed by atoms with Crippen molar-refractivity contribution in [1.29, 1.82) is 0 Å². The molecule has 0 aliphatic rings. The predicted octanol–water partition coefficient (Wildman–Crippen LogP) is 1.80. The second-order valence-electron chi connectivity index (χ2n) is 2.85. The second kappa shape index (κ2) is 5.58. The summed E-state index contributed by atoms with van der Waals surface area (Å²) in [6.07, 6.45) is 0. The Bertz CT molecular complexity index is 325. The smallest absolute Gasteiger partial charge is 0.124 e. The number of nitrogens with two attached hydrogens (primary N) is 1. The third-order valence-electron chi connectivity index (χ3n) is 1.60. The summed E-state index contributed by atoms with van der Waals surface area (Å²) < 4.78 is 24.9. The van der Waals surface area contributed by atoms with Crippen molar-refractivity contribution in [2.24, 2.45) is 5.73 Å². The number of benzene rings is 1. The molecule has 1 rings (SSSR count). The molecule has 0 aliphatic carbocycles. The molecule has 1 atom stereocenters. The highest BCUT2D eigenvalue weighted by molar-refractivity contribution is 9.10. The number of halogens is 2. The lowest BCUT2D eigenvalue weighted by molar-refractivity contribution is 0.625. The molecule has 1 aromatic carbocycles. The summed E-state index contributed by atoms with van der Waals surface area (Å²) in [7, 11) is -1.00. The van der Waals surface area contributed by atoms with Crippen molar-refractivity contribution < 1.29 is 8.60 Å². The lowest BCUT2D eigenvalue weighted by Gasteiger charge is -2.02. The molecule has 0 amide bonds. The second-order valence-corrected chi connectivity index (χ2v) is 5.35. The Hall–Kier alpha value is -0.260. The van der Waals surface area contributed by atoms with Crippen LogP contribution in [0, 0.1) is 5.82 Å². The predicted molar refractivity (Wildman–Crippen MR) is 59.9 cm³/mol. The summed E-state index contributed by atoms with van der Waals surface area (Å²) in [5, 5.41) is 0. The molecular weight excluding hydrogens is 269 g/mol. The van der Waals surface area contributed by atoms with Crippen molar-refractivity contribution in [3.63, 3.8) is 0 Å². The quantitative estimate of drug-likeness (QED) is 0.913. The van der Waals surface area contributed by atoms with Crippen LogP contribution in [0.5, 0.6) is 0 Å². The van der Waals surface area contributed by atoms with Gasteiger partial charge in [-0.25, -0.2) is 4.39 Å². The average molecular weight is 280 g/mol. The monoisotopic (exact) mass is 279 g/mol. The largest absolute Gasteiger partial charge is 0.330 e. The molecule has 14 heavy (non-hydrogen) atoms. The van der Waals surface area contributed by atoms with Crippen LogP contribution in [0.1, 0.15) is 5.56 Å². The summed E-state index contributed by atoms with van der Waals surface area (Å²) >= 11 is 3.18. The first-order valence-corrected chi connectivity index (χ1v) is 6.40. The Kier molecular flexibility index (Phi) is 4.71. The summed E-state index contributed by atoms with van der Waals surface area (Å²) in [6, 6.07) is 4.52. The van der Waals surface area contributed by atoms with Gasteiger partial charge in [0, 0.05) is 33.3 Å². The molecule has 0 saturated carbocycles. The van der Waals surface area contributed by atoms with Crippen molar-refractivity contribution in [3.8, 4) is 0 Å². The van der Waals surface area contributed by atoms with Gasteiger partial charge >= 0.3 is 0 Å². The third-order valence-corrected chi connectivity index (χ3v) is 3.40. The van der Waals surface area contributed by atoms with E-state index in [1.807, 2.05) is 0 Å². The van der Waals surface area contributed by atoms with Gasteiger partial charge in [-0.2, -0.15) is 0 Å². The van der Waals surface area contributed by atoms with E-state index in [0.29, 0.717) is 22.5 Å². The molecule has 2 N–H and O–H groups in total. The molecule has 0 spiro atoms. The summed E-state index contributed by atoms with van der Waals surface area (Å²) in [5.74, 6) is 0.487. The van der Waals surface area contributed by atoms with Crippen LogP contribution in [0.15, 0.2) is 22.7 Å². The Balaban J connectivity index is 2.71. The maximum atomic E-state index is 12.9. The molecule has 5 heteroatoms. The minimum absolute atomic E-state index is 0.320. The van der Waals surface area contributed by atoms with Gasteiger partial charge in [-0.3, -0.25) is 4.21 Å². The normalized spacial score (nSPS) is 12.8. The molecule has 78 valence electrons. The van der Waals surface area contributed by atoms with E-state index in [1.165, 1.54) is 12.1 Å². The lowest BCUT2D eigenvalue weighted by Crippen LogP contribution is -2.11. The molecule has 0 heterocycles. The maximum Gasteiger partial charge on any atom is 0.124 e. The Morgan fingerprint density at radius 3 is 2.71 bits per heavy atom. The first-order chi connectivity index (χ1) is 6.61. The van der Waals surface area contributed by atoms with E-state index in [0.717, 1.165) is 5.56 Å². The van der Waals surface area contributed by atoms with Gasteiger partial charge in [0.05, 0.1) is 0 Å². The van der Waals surface area contributed by atoms with Crippen LogP contribution >= 0.6 is 15.9 Å². The molecule has 0 radical (unpaired) electrons. The Morgan fingerprint density at radius 2 is 2.14 bits per heavy atom. The van der Waals surface area contributed by atoms with Gasteiger partial charge in [0.1, 0.15) is 5.82 Å². The molecular formula is C9H11BrFNOS. The summed E-state index contributed by atoms with van der Waals surface area (Å²) in [5.41, 5.74) is 5.99. The topological polar surface area (TPSA) is 43.1 Å². The van der Waals surface area contributed by atoms with Gasteiger partial charge in [0.2, 0.25) is 0 Å².